The van der Waals surface area contributed by atoms with Crippen molar-refractivity contribution in [2.45, 2.75) is 38.9 Å². The molecule has 0 amide bonds. The molecular weight excluding hydrogens is 465 g/mol. The second kappa shape index (κ2) is 11.8. The lowest BCUT2D eigenvalue weighted by molar-refractivity contribution is 0.265. The summed E-state index contributed by atoms with van der Waals surface area (Å²) < 4.78 is 5.38. The number of rotatable bonds is 7. The van der Waals surface area contributed by atoms with Gasteiger partial charge in [0.2, 0.25) is 0 Å². The Bertz CT molecular complexity index is 623. The van der Waals surface area contributed by atoms with Crippen LogP contribution in [0.15, 0.2) is 29.3 Å². The highest BCUT2D eigenvalue weighted by molar-refractivity contribution is 14.0. The number of methoxy groups -OCH3 is 1. The zero-order chi connectivity index (χ0) is 20.0. The third kappa shape index (κ3) is 6.77. The number of likely N-dealkylation sites (tertiary alicyclic amines) is 1. The lowest BCUT2D eigenvalue weighted by Crippen LogP contribution is -2.48. The van der Waals surface area contributed by atoms with Gasteiger partial charge in [0.05, 0.1) is 13.2 Å². The standard InChI is InChI=1S/C21H37N5O.HI/c1-15(2)26-13-16(3)19(14-26)24-21(22-4)23-12-20(25(5)6)17-9-8-10-18(11-17)27-7;/h8-11,15-16,19-20H,12-14H2,1-7H3,(H2,22,23,24);1H. The maximum Gasteiger partial charge on any atom is 0.191 e. The van der Waals surface area contributed by atoms with Crippen molar-refractivity contribution in [2.24, 2.45) is 10.9 Å². The van der Waals surface area contributed by atoms with Crippen molar-refractivity contribution >= 4 is 29.9 Å². The minimum atomic E-state index is 0. The van der Waals surface area contributed by atoms with Gasteiger partial charge < -0.3 is 20.3 Å². The van der Waals surface area contributed by atoms with Crippen LogP contribution in [0, 0.1) is 5.92 Å². The van der Waals surface area contributed by atoms with Gasteiger partial charge in [-0.15, -0.1) is 24.0 Å². The highest BCUT2D eigenvalue weighted by Crippen LogP contribution is 2.22. The van der Waals surface area contributed by atoms with E-state index in [0.717, 1.165) is 31.3 Å². The van der Waals surface area contributed by atoms with Crippen molar-refractivity contribution in [2.75, 3.05) is 47.9 Å². The fraction of sp³-hybridized carbons (Fsp3) is 0.667. The number of hydrogen-bond donors (Lipinski definition) is 2. The molecule has 0 radical (unpaired) electrons. The summed E-state index contributed by atoms with van der Waals surface area (Å²) in [6.45, 7) is 9.81. The van der Waals surface area contributed by atoms with Gasteiger partial charge in [0, 0.05) is 38.8 Å². The minimum absolute atomic E-state index is 0. The van der Waals surface area contributed by atoms with Gasteiger partial charge in [-0.3, -0.25) is 9.89 Å². The van der Waals surface area contributed by atoms with Gasteiger partial charge in [-0.2, -0.15) is 0 Å². The fourth-order valence-electron chi connectivity index (χ4n) is 3.62. The third-order valence-electron chi connectivity index (χ3n) is 5.48. The maximum absolute atomic E-state index is 5.38. The summed E-state index contributed by atoms with van der Waals surface area (Å²) in [6.07, 6.45) is 0. The van der Waals surface area contributed by atoms with Gasteiger partial charge >= 0.3 is 0 Å². The van der Waals surface area contributed by atoms with E-state index in [-0.39, 0.29) is 30.0 Å². The number of hydrogen-bond acceptors (Lipinski definition) is 4. The van der Waals surface area contributed by atoms with Gasteiger partial charge in [0.1, 0.15) is 5.75 Å². The summed E-state index contributed by atoms with van der Waals surface area (Å²) in [7, 11) is 7.74. The molecule has 0 bridgehead atoms. The second-order valence-corrected chi connectivity index (χ2v) is 7.98. The van der Waals surface area contributed by atoms with E-state index in [1.54, 1.807) is 7.11 Å². The molecule has 0 aliphatic carbocycles. The molecule has 160 valence electrons. The summed E-state index contributed by atoms with van der Waals surface area (Å²) >= 11 is 0. The Morgan fingerprint density at radius 2 is 2.04 bits per heavy atom. The Kier molecular flexibility index (Phi) is 10.5. The van der Waals surface area contributed by atoms with Crippen LogP contribution in [0.4, 0.5) is 0 Å². The molecule has 1 saturated heterocycles. The quantitative estimate of drug-likeness (QED) is 0.341. The van der Waals surface area contributed by atoms with E-state index in [1.165, 1.54) is 5.56 Å². The van der Waals surface area contributed by atoms with Gasteiger partial charge in [0.15, 0.2) is 5.96 Å². The van der Waals surface area contributed by atoms with Gasteiger partial charge in [-0.25, -0.2) is 0 Å². The Hall–Kier alpha value is -1.06. The van der Waals surface area contributed by atoms with Crippen LogP contribution < -0.4 is 15.4 Å². The molecule has 3 atom stereocenters. The van der Waals surface area contributed by atoms with E-state index < -0.39 is 0 Å². The minimum Gasteiger partial charge on any atom is -0.497 e. The molecule has 6 nitrogen and oxygen atoms in total. The molecule has 2 N–H and O–H groups in total. The van der Waals surface area contributed by atoms with E-state index in [1.807, 2.05) is 19.2 Å². The molecule has 1 aromatic rings. The van der Waals surface area contributed by atoms with Gasteiger partial charge in [0.25, 0.3) is 0 Å². The molecule has 1 heterocycles. The Morgan fingerprint density at radius 3 is 2.57 bits per heavy atom. The first-order valence-corrected chi connectivity index (χ1v) is 9.87. The number of nitrogens with one attached hydrogen (secondary N) is 2. The summed E-state index contributed by atoms with van der Waals surface area (Å²) in [5.41, 5.74) is 1.22. The van der Waals surface area contributed by atoms with Crippen LogP contribution in [0.25, 0.3) is 0 Å². The van der Waals surface area contributed by atoms with E-state index in [0.29, 0.717) is 18.0 Å². The number of ether oxygens (including phenoxy) is 1. The molecule has 0 saturated carbocycles. The number of likely N-dealkylation sites (N-methyl/N-ethyl adjacent to an activating group) is 1. The van der Waals surface area contributed by atoms with Crippen molar-refractivity contribution in [3.8, 4) is 5.75 Å². The molecule has 1 aromatic carbocycles. The number of aliphatic imine (C=N–C) groups is 1. The normalized spacial score (nSPS) is 21.5. The number of guanidine groups is 1. The lowest BCUT2D eigenvalue weighted by Gasteiger charge is -2.27. The highest BCUT2D eigenvalue weighted by atomic mass is 127. The van der Waals surface area contributed by atoms with Crippen LogP contribution in [-0.4, -0.2) is 75.7 Å². The van der Waals surface area contributed by atoms with E-state index in [2.05, 4.69) is 72.4 Å². The molecule has 1 fully saturated rings. The third-order valence-corrected chi connectivity index (χ3v) is 5.48. The Balaban J connectivity index is 0.00000392. The second-order valence-electron chi connectivity index (χ2n) is 7.98. The molecular formula is C21H38IN5O. The van der Waals surface area contributed by atoms with Crippen molar-refractivity contribution in [1.29, 1.82) is 0 Å². The summed E-state index contributed by atoms with van der Waals surface area (Å²) in [5, 5.41) is 7.14. The van der Waals surface area contributed by atoms with Gasteiger partial charge in [-0.1, -0.05) is 19.1 Å². The van der Waals surface area contributed by atoms with Crippen LogP contribution >= 0.6 is 24.0 Å². The highest BCUT2D eigenvalue weighted by Gasteiger charge is 2.31. The predicted molar refractivity (Wildman–Crippen MR) is 129 cm³/mol. The lowest BCUT2D eigenvalue weighted by atomic mass is 10.1. The first-order chi connectivity index (χ1) is 12.8. The maximum atomic E-state index is 5.38. The van der Waals surface area contributed by atoms with Crippen LogP contribution in [-0.2, 0) is 0 Å². The zero-order valence-electron chi connectivity index (χ0n) is 18.4. The first kappa shape index (κ1) is 25.0. The number of nitrogens with zero attached hydrogens (tertiary/aromatic N) is 3. The Labute approximate surface area is 188 Å². The molecule has 28 heavy (non-hydrogen) atoms. The largest absolute Gasteiger partial charge is 0.497 e. The average molecular weight is 503 g/mol. The SMILES string of the molecule is CN=C(NCC(c1cccc(OC)c1)N(C)C)NC1CN(C(C)C)CC1C.I. The van der Waals surface area contributed by atoms with Crippen LogP contribution in [0.5, 0.6) is 5.75 Å². The molecule has 1 aliphatic rings. The molecule has 3 unspecified atom stereocenters. The van der Waals surface area contributed by atoms with E-state index in [9.17, 15) is 0 Å². The molecule has 1 aliphatic heterocycles. The average Bonchev–Trinajstić information content (AvgIpc) is 3.01. The topological polar surface area (TPSA) is 52.1 Å². The predicted octanol–water partition coefficient (Wildman–Crippen LogP) is 2.81. The Morgan fingerprint density at radius 1 is 1.32 bits per heavy atom. The molecule has 7 heteroatoms. The summed E-state index contributed by atoms with van der Waals surface area (Å²) in [5.74, 6) is 2.36. The summed E-state index contributed by atoms with van der Waals surface area (Å²) in [6, 6.07) is 9.50. The van der Waals surface area contributed by atoms with Crippen molar-refractivity contribution < 1.29 is 4.74 Å². The zero-order valence-corrected chi connectivity index (χ0v) is 20.7. The smallest absolute Gasteiger partial charge is 0.191 e. The van der Waals surface area contributed by atoms with Crippen LogP contribution in [0.2, 0.25) is 0 Å². The number of halogens is 1. The van der Waals surface area contributed by atoms with Crippen molar-refractivity contribution in [1.82, 2.24) is 20.4 Å². The molecule has 2 rings (SSSR count). The monoisotopic (exact) mass is 503 g/mol. The fourth-order valence-corrected chi connectivity index (χ4v) is 3.62. The molecule has 0 spiro atoms. The molecule has 0 aromatic heterocycles. The van der Waals surface area contributed by atoms with E-state index in [4.69, 9.17) is 4.74 Å². The van der Waals surface area contributed by atoms with Crippen LogP contribution in [0.3, 0.4) is 0 Å². The van der Waals surface area contributed by atoms with E-state index >= 15 is 0 Å². The first-order valence-electron chi connectivity index (χ1n) is 9.87. The van der Waals surface area contributed by atoms with Crippen LogP contribution in [0.1, 0.15) is 32.4 Å². The number of benzene rings is 1. The van der Waals surface area contributed by atoms with Gasteiger partial charge in [-0.05, 0) is 51.6 Å². The van der Waals surface area contributed by atoms with Crippen molar-refractivity contribution in [3.63, 3.8) is 0 Å². The van der Waals surface area contributed by atoms with Crippen molar-refractivity contribution in [3.05, 3.63) is 29.8 Å². The summed E-state index contributed by atoms with van der Waals surface area (Å²) in [4.78, 5) is 9.19.